The highest BCUT2D eigenvalue weighted by molar-refractivity contribution is 5.95. The summed E-state index contributed by atoms with van der Waals surface area (Å²) >= 11 is 0. The Kier molecular flexibility index (Phi) is 3.71. The molecule has 1 N–H and O–H groups in total. The van der Waals surface area contributed by atoms with E-state index in [0.29, 0.717) is 18.4 Å². The molecule has 1 fully saturated rings. The number of aliphatic hydroxyl groups is 1. The van der Waals surface area contributed by atoms with Crippen molar-refractivity contribution in [3.63, 3.8) is 0 Å². The largest absolute Gasteiger partial charge is 0.458 e. The molecular formula is C15H18O4. The van der Waals surface area contributed by atoms with Crippen molar-refractivity contribution in [2.75, 3.05) is 0 Å². The smallest absolute Gasteiger partial charge is 0.334 e. The first-order valence-corrected chi connectivity index (χ1v) is 6.36. The van der Waals surface area contributed by atoms with Gasteiger partial charge >= 0.3 is 5.97 Å². The van der Waals surface area contributed by atoms with Gasteiger partial charge < -0.3 is 9.84 Å². The summed E-state index contributed by atoms with van der Waals surface area (Å²) in [6.45, 7) is 9.30. The van der Waals surface area contributed by atoms with Gasteiger partial charge in [-0.15, -0.1) is 0 Å². The molecule has 0 amide bonds. The van der Waals surface area contributed by atoms with Gasteiger partial charge in [0.15, 0.2) is 5.78 Å². The fraction of sp³-hybridized carbons (Fsp3) is 0.467. The number of rotatable bonds is 0. The Labute approximate surface area is 112 Å². The molecule has 0 aromatic rings. The molecule has 1 aliphatic heterocycles. The predicted octanol–water partition coefficient (Wildman–Crippen LogP) is 1.70. The van der Waals surface area contributed by atoms with E-state index in [9.17, 15) is 14.7 Å². The summed E-state index contributed by atoms with van der Waals surface area (Å²) in [6.07, 6.45) is 1.55. The zero-order valence-electron chi connectivity index (χ0n) is 11.0. The number of Topliss-reactive ketones (excluding diaryl/α,β-unsaturated/α-hetero) is 1. The van der Waals surface area contributed by atoms with E-state index in [1.165, 1.54) is 0 Å². The van der Waals surface area contributed by atoms with E-state index in [2.05, 4.69) is 13.2 Å². The van der Waals surface area contributed by atoms with Crippen molar-refractivity contribution in [3.05, 3.63) is 36.0 Å². The van der Waals surface area contributed by atoms with Crippen LogP contribution in [0.1, 0.15) is 26.2 Å². The average molecular weight is 262 g/mol. The van der Waals surface area contributed by atoms with Crippen LogP contribution >= 0.6 is 0 Å². The van der Waals surface area contributed by atoms with Crippen molar-refractivity contribution in [2.45, 2.75) is 38.4 Å². The second-order valence-corrected chi connectivity index (χ2v) is 5.23. The highest BCUT2D eigenvalue weighted by Crippen LogP contribution is 2.35. The monoisotopic (exact) mass is 262 g/mol. The fourth-order valence-electron chi connectivity index (χ4n) is 2.56. The number of ketones is 1. The van der Waals surface area contributed by atoms with Gasteiger partial charge in [0, 0.05) is 18.4 Å². The van der Waals surface area contributed by atoms with E-state index in [-0.39, 0.29) is 17.8 Å². The van der Waals surface area contributed by atoms with Crippen molar-refractivity contribution >= 4 is 11.8 Å². The summed E-state index contributed by atoms with van der Waals surface area (Å²) < 4.78 is 5.19. The number of esters is 1. The van der Waals surface area contributed by atoms with Crippen molar-refractivity contribution in [1.29, 1.82) is 0 Å². The van der Waals surface area contributed by atoms with Crippen LogP contribution in [0.25, 0.3) is 0 Å². The number of allylic oxidation sites excluding steroid dienone is 1. The van der Waals surface area contributed by atoms with E-state index >= 15 is 0 Å². The Morgan fingerprint density at radius 3 is 2.68 bits per heavy atom. The van der Waals surface area contributed by atoms with Crippen LogP contribution in [-0.2, 0) is 14.3 Å². The van der Waals surface area contributed by atoms with Crippen molar-refractivity contribution in [1.82, 2.24) is 0 Å². The Morgan fingerprint density at radius 1 is 1.32 bits per heavy atom. The average Bonchev–Trinajstić information content (AvgIpc) is 2.60. The van der Waals surface area contributed by atoms with E-state index < -0.39 is 24.1 Å². The van der Waals surface area contributed by atoms with Crippen LogP contribution in [-0.4, -0.2) is 29.1 Å². The topological polar surface area (TPSA) is 63.6 Å². The van der Waals surface area contributed by atoms with Crippen LogP contribution in [0.5, 0.6) is 0 Å². The highest BCUT2D eigenvalue weighted by Gasteiger charge is 2.43. The van der Waals surface area contributed by atoms with Gasteiger partial charge in [-0.3, -0.25) is 4.79 Å². The number of fused-ring (bicyclic) bond motifs is 1. The molecule has 0 unspecified atom stereocenters. The number of hydrogen-bond donors (Lipinski definition) is 1. The SMILES string of the molecule is C=C1C[C@@H]2OC(=O)C(=C)[C@H]2[C@@H](O)C=C(C)CCC1=O. The van der Waals surface area contributed by atoms with Gasteiger partial charge in [0.25, 0.3) is 0 Å². The Bertz CT molecular complexity index is 486. The molecule has 2 rings (SSSR count). The Balaban J connectivity index is 2.35. The zero-order chi connectivity index (χ0) is 14.2. The summed E-state index contributed by atoms with van der Waals surface area (Å²) in [5, 5.41) is 10.2. The summed E-state index contributed by atoms with van der Waals surface area (Å²) in [6, 6.07) is 0. The third-order valence-electron chi connectivity index (χ3n) is 3.74. The number of carbonyl (C=O) groups is 2. The van der Waals surface area contributed by atoms with Gasteiger partial charge in [-0.1, -0.05) is 24.8 Å². The quantitative estimate of drug-likeness (QED) is 0.410. The number of ether oxygens (including phenoxy) is 1. The molecule has 0 aromatic heterocycles. The van der Waals surface area contributed by atoms with Crippen LogP contribution in [0, 0.1) is 5.92 Å². The molecule has 3 atom stereocenters. The molecule has 1 heterocycles. The van der Waals surface area contributed by atoms with E-state index in [0.717, 1.165) is 5.57 Å². The molecule has 102 valence electrons. The summed E-state index contributed by atoms with van der Waals surface area (Å²) in [4.78, 5) is 23.4. The second-order valence-electron chi connectivity index (χ2n) is 5.23. The van der Waals surface area contributed by atoms with Gasteiger partial charge in [0.1, 0.15) is 6.10 Å². The molecule has 0 aromatic carbocycles. The molecule has 0 radical (unpaired) electrons. The maximum absolute atomic E-state index is 11.9. The van der Waals surface area contributed by atoms with Crippen LogP contribution in [0.4, 0.5) is 0 Å². The molecule has 0 saturated carbocycles. The summed E-state index contributed by atoms with van der Waals surface area (Å²) in [7, 11) is 0. The number of hydrogen-bond acceptors (Lipinski definition) is 4. The normalized spacial score (nSPS) is 32.7. The van der Waals surface area contributed by atoms with Gasteiger partial charge in [0.05, 0.1) is 12.0 Å². The Hall–Kier alpha value is -1.68. The minimum atomic E-state index is -0.815. The number of aliphatic hydroxyl groups excluding tert-OH is 1. The molecule has 0 bridgehead atoms. The maximum atomic E-state index is 11.9. The maximum Gasteiger partial charge on any atom is 0.334 e. The first-order chi connectivity index (χ1) is 8.90. The molecule has 4 nitrogen and oxygen atoms in total. The van der Waals surface area contributed by atoms with Crippen molar-refractivity contribution in [2.24, 2.45) is 5.92 Å². The number of carbonyl (C=O) groups excluding carboxylic acids is 2. The lowest BCUT2D eigenvalue weighted by atomic mass is 9.84. The first-order valence-electron chi connectivity index (χ1n) is 6.36. The van der Waals surface area contributed by atoms with Crippen LogP contribution in [0.3, 0.4) is 0 Å². The minimum Gasteiger partial charge on any atom is -0.458 e. The van der Waals surface area contributed by atoms with Crippen molar-refractivity contribution in [3.8, 4) is 0 Å². The predicted molar refractivity (Wildman–Crippen MR) is 70.3 cm³/mol. The summed E-state index contributed by atoms with van der Waals surface area (Å²) in [5.41, 5.74) is 1.63. The molecule has 0 spiro atoms. The van der Waals surface area contributed by atoms with E-state index in [1.807, 2.05) is 6.92 Å². The first kappa shape index (κ1) is 13.7. The Morgan fingerprint density at radius 2 is 2.00 bits per heavy atom. The standard InChI is InChI=1S/C15H18O4/c1-8-4-5-11(16)9(2)7-13-14(12(17)6-8)10(3)15(18)19-13/h6,12-14,17H,2-5,7H2,1H3/t12-,13-,14-/m0/s1. The second kappa shape index (κ2) is 5.13. The van der Waals surface area contributed by atoms with E-state index in [4.69, 9.17) is 4.74 Å². The van der Waals surface area contributed by atoms with Crippen LogP contribution in [0.2, 0.25) is 0 Å². The molecule has 1 aliphatic carbocycles. The van der Waals surface area contributed by atoms with Crippen molar-refractivity contribution < 1.29 is 19.4 Å². The van der Waals surface area contributed by atoms with Crippen LogP contribution in [0.15, 0.2) is 36.0 Å². The summed E-state index contributed by atoms with van der Waals surface area (Å²) in [5.74, 6) is -1.01. The van der Waals surface area contributed by atoms with Gasteiger partial charge in [-0.05, 0) is 18.9 Å². The van der Waals surface area contributed by atoms with E-state index in [1.54, 1.807) is 6.08 Å². The molecule has 1 saturated heterocycles. The minimum absolute atomic E-state index is 0.0172. The molecule has 19 heavy (non-hydrogen) atoms. The lowest BCUT2D eigenvalue weighted by molar-refractivity contribution is -0.139. The van der Waals surface area contributed by atoms with Crippen LogP contribution < -0.4 is 0 Å². The highest BCUT2D eigenvalue weighted by atomic mass is 16.6. The zero-order valence-corrected chi connectivity index (χ0v) is 11.0. The van der Waals surface area contributed by atoms with Gasteiger partial charge in [-0.2, -0.15) is 0 Å². The lowest BCUT2D eigenvalue weighted by Gasteiger charge is -2.23. The molecule has 4 heteroatoms. The van der Waals surface area contributed by atoms with Gasteiger partial charge in [0.2, 0.25) is 0 Å². The lowest BCUT2D eigenvalue weighted by Crippen LogP contribution is -2.29. The fourth-order valence-corrected chi connectivity index (χ4v) is 2.56. The molecule has 2 aliphatic rings. The third kappa shape index (κ3) is 2.68. The third-order valence-corrected chi connectivity index (χ3v) is 3.74. The molecular weight excluding hydrogens is 244 g/mol. The van der Waals surface area contributed by atoms with Gasteiger partial charge in [-0.25, -0.2) is 4.79 Å².